The van der Waals surface area contributed by atoms with Crippen molar-refractivity contribution < 1.29 is 27.3 Å². The minimum absolute atomic E-state index is 0. The quantitative estimate of drug-likeness (QED) is 0.118. The number of imidazole rings is 1. The molecule has 0 saturated carbocycles. The van der Waals surface area contributed by atoms with Crippen LogP contribution in [0.5, 0.6) is 0 Å². The predicted octanol–water partition coefficient (Wildman–Crippen LogP) is 12.5. The van der Waals surface area contributed by atoms with Crippen LogP contribution < -0.4 is 4.40 Å². The predicted molar refractivity (Wildman–Crippen MR) is 239 cm³/mol. The van der Waals surface area contributed by atoms with E-state index in [0.717, 1.165) is 76.9 Å². The van der Waals surface area contributed by atoms with Crippen LogP contribution in [0.3, 0.4) is 0 Å². The molecule has 0 amide bonds. The van der Waals surface area contributed by atoms with Gasteiger partial charge in [-0.1, -0.05) is 40.8 Å². The molecule has 0 aliphatic rings. The van der Waals surface area contributed by atoms with Crippen molar-refractivity contribution >= 4 is 50.8 Å². The van der Waals surface area contributed by atoms with Crippen LogP contribution in [0, 0.1) is 39.8 Å². The van der Waals surface area contributed by atoms with Crippen molar-refractivity contribution in [3.05, 3.63) is 173 Å². The van der Waals surface area contributed by atoms with E-state index in [1.54, 1.807) is 0 Å². The molecule has 58 heavy (non-hydrogen) atoms. The average molecular weight is 1000 g/mol. The molecule has 0 bridgehead atoms. The number of nitrogens with zero attached hydrogens (tertiary/aromatic N) is 4. The Morgan fingerprint density at radius 3 is 2.22 bits per heavy atom. The number of para-hydroxylation sites is 2. The zero-order valence-electron chi connectivity index (χ0n) is 36.2. The largest absolute Gasteiger partial charge is 0 e. The molecule has 0 fully saturated rings. The number of rotatable bonds is 7. The summed E-state index contributed by atoms with van der Waals surface area (Å²) >= 11 is -2.32. The summed E-state index contributed by atoms with van der Waals surface area (Å²) in [5.41, 5.74) is 13.5. The summed E-state index contributed by atoms with van der Waals surface area (Å²) in [5, 5.41) is 2.03. The van der Waals surface area contributed by atoms with Gasteiger partial charge in [0.1, 0.15) is 0 Å². The Kier molecular flexibility index (Phi) is 11.2. The molecule has 5 aromatic carbocycles. The van der Waals surface area contributed by atoms with Crippen molar-refractivity contribution in [2.45, 2.75) is 64.2 Å². The second-order valence-corrected chi connectivity index (χ2v) is 26.5. The normalized spacial score (nSPS) is 12.8. The van der Waals surface area contributed by atoms with E-state index in [2.05, 4.69) is 101 Å². The Bertz CT molecular complexity index is 2950. The molecule has 0 N–H and O–H groups in total. The topological polar surface area (TPSA) is 56.7 Å². The van der Waals surface area contributed by atoms with Crippen molar-refractivity contribution in [2.75, 3.05) is 0 Å². The summed E-state index contributed by atoms with van der Waals surface area (Å²) in [6, 6.07) is 47.0. The Balaban J connectivity index is 0.000000182. The number of furan rings is 1. The van der Waals surface area contributed by atoms with Gasteiger partial charge in [0.05, 0.1) is 22.4 Å². The summed E-state index contributed by atoms with van der Waals surface area (Å²) in [7, 11) is 0. The number of hydrogen-bond acceptors (Lipinski definition) is 4. The maximum Gasteiger partial charge on any atom is 0 e. The fourth-order valence-electron chi connectivity index (χ4n) is 7.76. The number of pyridine rings is 2. The molecule has 1 unspecified atom stereocenters. The van der Waals surface area contributed by atoms with Crippen molar-refractivity contribution in [1.29, 1.82) is 0 Å². The molecule has 9 rings (SSSR count). The van der Waals surface area contributed by atoms with Crippen molar-refractivity contribution in [3.8, 4) is 28.3 Å². The number of aromatic nitrogens is 4. The third-order valence-electron chi connectivity index (χ3n) is 10.4. The van der Waals surface area contributed by atoms with Gasteiger partial charge in [0, 0.05) is 36.9 Å². The Morgan fingerprint density at radius 1 is 0.776 bits per heavy atom. The van der Waals surface area contributed by atoms with Crippen LogP contribution in [-0.4, -0.2) is 32.8 Å². The zero-order valence-corrected chi connectivity index (χ0v) is 38.7. The van der Waals surface area contributed by atoms with Gasteiger partial charge in [0.25, 0.3) is 0 Å². The van der Waals surface area contributed by atoms with Crippen LogP contribution in [0.15, 0.2) is 132 Å². The first kappa shape index (κ1) is 38.4. The SMILES string of the molecule is Cc1cc(C)c(-n2c(-c3[c-]ccc4c3oc3nc(C)ccc34)nc3ccccc32)c(C)c1.[2H]C([2H])(c1cc(-c2[c-]cccc2)nc[c]1[Ge]([CH3])([CH3])[CH3])C(C)c1ccccc1.[Ir]. The fraction of sp³-hybridized carbons (Fsp3) is 0.196. The molecular formula is C51H48GeIrN4O-2. The van der Waals surface area contributed by atoms with Gasteiger partial charge in [-0.25, -0.2) is 4.98 Å². The third kappa shape index (κ3) is 8.24. The fourth-order valence-corrected chi connectivity index (χ4v) is 10.7. The maximum absolute atomic E-state index is 9.05. The molecule has 5 nitrogen and oxygen atoms in total. The van der Waals surface area contributed by atoms with E-state index in [-0.39, 0.29) is 26.0 Å². The van der Waals surface area contributed by atoms with E-state index in [1.165, 1.54) is 16.7 Å². The molecule has 9 aromatic rings. The first-order valence-corrected chi connectivity index (χ1v) is 26.9. The summed E-state index contributed by atoms with van der Waals surface area (Å²) in [5.74, 6) is 7.44. The van der Waals surface area contributed by atoms with E-state index in [4.69, 9.17) is 12.1 Å². The van der Waals surface area contributed by atoms with Crippen LogP contribution >= 0.6 is 0 Å². The second-order valence-electron chi connectivity index (χ2n) is 15.9. The summed E-state index contributed by atoms with van der Waals surface area (Å²) in [6.45, 7) is 10.4. The summed E-state index contributed by atoms with van der Waals surface area (Å²) in [6.07, 6.45) is 0.433. The first-order chi connectivity index (χ1) is 28.2. The Hall–Kier alpha value is -5.14. The average Bonchev–Trinajstić information content (AvgIpc) is 3.79. The Labute approximate surface area is 361 Å². The number of aryl methyl sites for hydroxylation is 4. The summed E-state index contributed by atoms with van der Waals surface area (Å²) < 4.78 is 27.8. The van der Waals surface area contributed by atoms with E-state index in [9.17, 15) is 0 Å². The Morgan fingerprint density at radius 2 is 1.50 bits per heavy atom. The molecule has 0 saturated heterocycles. The van der Waals surface area contributed by atoms with E-state index >= 15 is 0 Å². The molecule has 7 heteroatoms. The molecule has 0 aliphatic heterocycles. The van der Waals surface area contributed by atoms with E-state index in [0.29, 0.717) is 5.71 Å². The van der Waals surface area contributed by atoms with Crippen molar-refractivity contribution in [2.24, 2.45) is 0 Å². The number of hydrogen-bond donors (Lipinski definition) is 0. The number of fused-ring (bicyclic) bond motifs is 4. The molecule has 4 heterocycles. The van der Waals surface area contributed by atoms with Crippen LogP contribution in [0.4, 0.5) is 0 Å². The van der Waals surface area contributed by atoms with Crippen LogP contribution in [-0.2, 0) is 26.5 Å². The number of benzene rings is 5. The van der Waals surface area contributed by atoms with E-state index in [1.807, 2.05) is 105 Å². The smallest absolute Gasteiger partial charge is 0 e. The van der Waals surface area contributed by atoms with E-state index < -0.39 is 19.6 Å². The zero-order chi connectivity index (χ0) is 41.6. The molecule has 4 aromatic heterocycles. The molecule has 293 valence electrons. The minimum Gasteiger partial charge on any atom is 0 e. The van der Waals surface area contributed by atoms with Gasteiger partial charge < -0.3 is 8.98 Å². The van der Waals surface area contributed by atoms with Crippen molar-refractivity contribution in [1.82, 2.24) is 19.5 Å². The standard InChI is InChI=1S/C28H22N3O.C23H26GeN.Ir/c1-16-14-17(2)25(18(3)15-16)31-24-11-6-5-10-23(24)30-27(31)22-9-7-8-20-21-13-12-19(4)29-28(21)32-26(20)22;1-18(19-11-7-5-8-12-19)15-21-16-23(20-13-9-6-10-14-20)25-17-22(21)24(2,3)4;/h5-8,10-15H,1-4H3;5-13,16-18H,15H2,1-4H3;/q2*-1;/i;15D2;. The molecule has 1 atom stereocenters. The summed E-state index contributed by atoms with van der Waals surface area (Å²) in [4.78, 5) is 14.3. The molecule has 0 aliphatic carbocycles. The van der Waals surface area contributed by atoms with Gasteiger partial charge in [-0.15, -0.1) is 18.2 Å². The third-order valence-corrected chi connectivity index (χ3v) is 14.7. The maximum atomic E-state index is 9.05. The van der Waals surface area contributed by atoms with Crippen LogP contribution in [0.1, 0.15) is 49.1 Å². The van der Waals surface area contributed by atoms with Crippen LogP contribution in [0.2, 0.25) is 17.3 Å². The van der Waals surface area contributed by atoms with Gasteiger partial charge >= 0.3 is 157 Å². The van der Waals surface area contributed by atoms with Gasteiger partial charge in [-0.2, -0.15) is 0 Å². The minimum atomic E-state index is -2.32. The van der Waals surface area contributed by atoms with Gasteiger partial charge in [0.15, 0.2) is 0 Å². The second kappa shape index (κ2) is 17.0. The molecule has 0 spiro atoms. The van der Waals surface area contributed by atoms with Gasteiger partial charge in [-0.3, -0.25) is 4.98 Å². The van der Waals surface area contributed by atoms with Gasteiger partial charge in [-0.05, 0) is 63.1 Å². The first-order valence-electron chi connectivity index (χ1n) is 20.5. The van der Waals surface area contributed by atoms with Crippen molar-refractivity contribution in [3.63, 3.8) is 0 Å². The molecule has 1 radical (unpaired) electrons. The van der Waals surface area contributed by atoms with Gasteiger partial charge in [0.2, 0.25) is 5.71 Å². The monoisotopic (exact) mass is 1000 g/mol. The molecular weight excluding hydrogens is 949 g/mol. The van der Waals surface area contributed by atoms with Crippen LogP contribution in [0.25, 0.3) is 61.4 Å².